The summed E-state index contributed by atoms with van der Waals surface area (Å²) < 4.78 is 27.3. The summed E-state index contributed by atoms with van der Waals surface area (Å²) in [4.78, 5) is 12.0. The van der Waals surface area contributed by atoms with Crippen LogP contribution in [-0.4, -0.2) is 43.5 Å². The Balaban J connectivity index is 1.98. The Labute approximate surface area is 106 Å². The summed E-state index contributed by atoms with van der Waals surface area (Å²) in [5.41, 5.74) is -0.344. The number of alkyl halides is 2. The van der Waals surface area contributed by atoms with E-state index < -0.39 is 24.3 Å². The van der Waals surface area contributed by atoms with Crippen molar-refractivity contribution in [1.29, 1.82) is 0 Å². The van der Waals surface area contributed by atoms with Crippen molar-refractivity contribution >= 4 is 5.91 Å². The summed E-state index contributed by atoms with van der Waals surface area (Å²) in [6, 6.07) is 0. The molecule has 4 nitrogen and oxygen atoms in total. The van der Waals surface area contributed by atoms with Crippen LogP contribution in [0, 0.1) is 5.92 Å². The molecule has 6 heteroatoms. The van der Waals surface area contributed by atoms with Crippen LogP contribution in [0.5, 0.6) is 0 Å². The lowest BCUT2D eigenvalue weighted by atomic mass is 9.87. The van der Waals surface area contributed by atoms with E-state index in [1.807, 2.05) is 6.92 Å². The molecule has 2 aliphatic rings. The standard InChI is InChI=1S/C12H21F2N3O/c1-11(3-6-15-7-4-11)17-10(18)9-2-5-16-8-12(9,13)14/h9,15-16H,2-8H2,1H3,(H,17,18). The highest BCUT2D eigenvalue weighted by atomic mass is 19.3. The van der Waals surface area contributed by atoms with Gasteiger partial charge in [-0.1, -0.05) is 0 Å². The largest absolute Gasteiger partial charge is 0.350 e. The smallest absolute Gasteiger partial charge is 0.271 e. The molecule has 0 aliphatic carbocycles. The van der Waals surface area contributed by atoms with E-state index in [0.29, 0.717) is 6.54 Å². The maximum Gasteiger partial charge on any atom is 0.271 e. The third-order valence-electron chi connectivity index (χ3n) is 3.93. The number of hydrogen-bond donors (Lipinski definition) is 3. The molecule has 0 bridgehead atoms. The molecule has 2 saturated heterocycles. The van der Waals surface area contributed by atoms with Crippen LogP contribution in [0.3, 0.4) is 0 Å². The van der Waals surface area contributed by atoms with Crippen LogP contribution in [0.1, 0.15) is 26.2 Å². The van der Waals surface area contributed by atoms with E-state index in [0.717, 1.165) is 25.9 Å². The molecule has 3 N–H and O–H groups in total. The third kappa shape index (κ3) is 2.98. The first-order valence-electron chi connectivity index (χ1n) is 6.54. The molecule has 1 atom stereocenters. The van der Waals surface area contributed by atoms with E-state index in [2.05, 4.69) is 16.0 Å². The molecule has 104 valence electrons. The van der Waals surface area contributed by atoms with Crippen LogP contribution in [0.15, 0.2) is 0 Å². The van der Waals surface area contributed by atoms with Gasteiger partial charge in [0.1, 0.15) is 5.92 Å². The molecule has 0 aromatic carbocycles. The molecule has 0 radical (unpaired) electrons. The molecule has 0 aromatic rings. The zero-order valence-electron chi connectivity index (χ0n) is 10.7. The van der Waals surface area contributed by atoms with Gasteiger partial charge in [0, 0.05) is 5.54 Å². The van der Waals surface area contributed by atoms with Crippen molar-refractivity contribution in [3.05, 3.63) is 0 Å². The van der Waals surface area contributed by atoms with Gasteiger partial charge in [-0.05, 0) is 45.8 Å². The van der Waals surface area contributed by atoms with Gasteiger partial charge in [0.15, 0.2) is 0 Å². The summed E-state index contributed by atoms with van der Waals surface area (Å²) in [5, 5.41) is 8.67. The molecule has 0 spiro atoms. The van der Waals surface area contributed by atoms with Crippen LogP contribution in [0.2, 0.25) is 0 Å². The lowest BCUT2D eigenvalue weighted by Crippen LogP contribution is -2.58. The lowest BCUT2D eigenvalue weighted by Gasteiger charge is -2.38. The second-order valence-corrected chi connectivity index (χ2v) is 5.58. The fraction of sp³-hybridized carbons (Fsp3) is 0.917. The van der Waals surface area contributed by atoms with Crippen LogP contribution in [-0.2, 0) is 4.79 Å². The number of rotatable bonds is 2. The number of nitrogens with one attached hydrogen (secondary N) is 3. The molecule has 1 unspecified atom stereocenters. The third-order valence-corrected chi connectivity index (χ3v) is 3.93. The van der Waals surface area contributed by atoms with Crippen molar-refractivity contribution in [2.24, 2.45) is 5.92 Å². The Morgan fingerprint density at radius 3 is 2.50 bits per heavy atom. The first-order chi connectivity index (χ1) is 8.43. The molecule has 0 saturated carbocycles. The Hall–Kier alpha value is -0.750. The highest BCUT2D eigenvalue weighted by Crippen LogP contribution is 2.30. The first-order valence-corrected chi connectivity index (χ1v) is 6.54. The molecule has 0 aromatic heterocycles. The Bertz CT molecular complexity index is 316. The van der Waals surface area contributed by atoms with Crippen LogP contribution < -0.4 is 16.0 Å². The number of amides is 1. The van der Waals surface area contributed by atoms with Gasteiger partial charge >= 0.3 is 0 Å². The monoisotopic (exact) mass is 261 g/mol. The molecular weight excluding hydrogens is 240 g/mol. The van der Waals surface area contributed by atoms with Crippen molar-refractivity contribution in [2.45, 2.75) is 37.6 Å². The number of carbonyl (C=O) groups is 1. The number of hydrogen-bond acceptors (Lipinski definition) is 3. The van der Waals surface area contributed by atoms with Crippen molar-refractivity contribution in [1.82, 2.24) is 16.0 Å². The summed E-state index contributed by atoms with van der Waals surface area (Å²) in [5.74, 6) is -4.62. The normalized spacial score (nSPS) is 30.7. The molecule has 2 heterocycles. The highest BCUT2D eigenvalue weighted by Gasteiger charge is 2.47. The number of halogens is 2. The van der Waals surface area contributed by atoms with E-state index in [4.69, 9.17) is 0 Å². The van der Waals surface area contributed by atoms with Gasteiger partial charge in [-0.2, -0.15) is 0 Å². The first kappa shape index (κ1) is 13.7. The van der Waals surface area contributed by atoms with Crippen molar-refractivity contribution in [2.75, 3.05) is 26.2 Å². The number of piperidine rings is 2. The quantitative estimate of drug-likeness (QED) is 0.678. The maximum absolute atomic E-state index is 13.7. The van der Waals surface area contributed by atoms with Crippen molar-refractivity contribution < 1.29 is 13.6 Å². The van der Waals surface area contributed by atoms with E-state index in [-0.39, 0.29) is 12.0 Å². The summed E-state index contributed by atoms with van der Waals surface area (Å²) in [6.45, 7) is 3.65. The van der Waals surface area contributed by atoms with Gasteiger partial charge in [0.2, 0.25) is 5.91 Å². The minimum absolute atomic E-state index is 0.202. The summed E-state index contributed by atoms with van der Waals surface area (Å²) in [6.07, 6.45) is 1.78. The van der Waals surface area contributed by atoms with E-state index >= 15 is 0 Å². The molecule has 18 heavy (non-hydrogen) atoms. The van der Waals surface area contributed by atoms with E-state index in [9.17, 15) is 13.6 Å². The molecule has 2 aliphatic heterocycles. The van der Waals surface area contributed by atoms with Gasteiger partial charge in [-0.3, -0.25) is 4.79 Å². The van der Waals surface area contributed by atoms with Crippen molar-refractivity contribution in [3.8, 4) is 0 Å². The van der Waals surface area contributed by atoms with Crippen LogP contribution in [0.4, 0.5) is 8.78 Å². The highest BCUT2D eigenvalue weighted by molar-refractivity contribution is 5.80. The van der Waals surface area contributed by atoms with Crippen molar-refractivity contribution in [3.63, 3.8) is 0 Å². The van der Waals surface area contributed by atoms with Crippen LogP contribution in [0.25, 0.3) is 0 Å². The molecule has 2 fully saturated rings. The average molecular weight is 261 g/mol. The van der Waals surface area contributed by atoms with Gasteiger partial charge in [-0.25, -0.2) is 8.78 Å². The van der Waals surface area contributed by atoms with E-state index in [1.165, 1.54) is 0 Å². The molecular formula is C12H21F2N3O. The fourth-order valence-corrected chi connectivity index (χ4v) is 2.65. The van der Waals surface area contributed by atoms with Gasteiger partial charge in [0.05, 0.1) is 6.54 Å². The lowest BCUT2D eigenvalue weighted by molar-refractivity contribution is -0.144. The topological polar surface area (TPSA) is 53.2 Å². The fourth-order valence-electron chi connectivity index (χ4n) is 2.65. The zero-order chi connectivity index (χ0) is 13.2. The van der Waals surface area contributed by atoms with Gasteiger partial charge in [0.25, 0.3) is 5.92 Å². The Morgan fingerprint density at radius 2 is 1.89 bits per heavy atom. The zero-order valence-corrected chi connectivity index (χ0v) is 10.7. The van der Waals surface area contributed by atoms with E-state index in [1.54, 1.807) is 0 Å². The summed E-state index contributed by atoms with van der Waals surface area (Å²) >= 11 is 0. The number of carbonyl (C=O) groups excluding carboxylic acids is 1. The Kier molecular flexibility index (Phi) is 3.87. The predicted octanol–water partition coefficient (Wildman–Crippen LogP) is 0.489. The minimum Gasteiger partial charge on any atom is -0.350 e. The maximum atomic E-state index is 13.7. The Morgan fingerprint density at radius 1 is 1.22 bits per heavy atom. The molecule has 2 rings (SSSR count). The minimum atomic E-state index is -2.94. The predicted molar refractivity (Wildman–Crippen MR) is 64.6 cm³/mol. The SMILES string of the molecule is CC1(NC(=O)C2CCNCC2(F)F)CCNCC1. The second kappa shape index (κ2) is 5.09. The average Bonchev–Trinajstić information content (AvgIpc) is 2.28. The van der Waals surface area contributed by atoms with Gasteiger partial charge in [-0.15, -0.1) is 0 Å². The summed E-state index contributed by atoms with van der Waals surface area (Å²) in [7, 11) is 0. The van der Waals surface area contributed by atoms with Crippen LogP contribution >= 0.6 is 0 Å². The van der Waals surface area contributed by atoms with Gasteiger partial charge < -0.3 is 16.0 Å². The molecule has 1 amide bonds. The second-order valence-electron chi connectivity index (χ2n) is 5.58.